The third-order valence-corrected chi connectivity index (χ3v) is 7.02. The lowest BCUT2D eigenvalue weighted by molar-refractivity contribution is 0.361. The minimum atomic E-state index is -3.44. The monoisotopic (exact) mass is 327 g/mol. The number of thiophene rings is 1. The van der Waals surface area contributed by atoms with Crippen LogP contribution >= 0.6 is 11.3 Å². The van der Waals surface area contributed by atoms with E-state index in [9.17, 15) is 8.42 Å². The summed E-state index contributed by atoms with van der Waals surface area (Å²) in [4.78, 5) is 0.388. The van der Waals surface area contributed by atoms with Crippen LogP contribution < -0.4 is 11.1 Å². The van der Waals surface area contributed by atoms with Crippen molar-refractivity contribution >= 4 is 31.9 Å². The lowest BCUT2D eigenvalue weighted by Crippen LogP contribution is -2.25. The van der Waals surface area contributed by atoms with Gasteiger partial charge in [0, 0.05) is 6.04 Å². The van der Waals surface area contributed by atoms with Crippen molar-refractivity contribution in [3.05, 3.63) is 4.88 Å². The molecule has 0 amide bonds. The molecule has 3 N–H and O–H groups in total. The van der Waals surface area contributed by atoms with E-state index >= 15 is 0 Å². The number of nitrogens with zero attached hydrogens (tertiary/aromatic N) is 1. The molecule has 1 heterocycles. The molecule has 1 aromatic heterocycles. The summed E-state index contributed by atoms with van der Waals surface area (Å²) >= 11 is 1.15. The molecule has 5 nitrogen and oxygen atoms in total. The molecule has 0 unspecified atom stereocenters. The molecule has 1 fully saturated rings. The van der Waals surface area contributed by atoms with Crippen molar-refractivity contribution in [2.45, 2.75) is 50.5 Å². The van der Waals surface area contributed by atoms with Crippen LogP contribution in [0.25, 0.3) is 0 Å². The Hall–Kier alpha value is -1.26. The molecule has 0 aliphatic heterocycles. The first-order valence-corrected chi connectivity index (χ1v) is 9.67. The Morgan fingerprint density at radius 1 is 1.38 bits per heavy atom. The standard InChI is InChI=1S/C14H21N3O2S2/c1-3-21(18,19)13-12(16)11(8-15)20-14(13)17-10-6-4-9(2)5-7-10/h9-10,17H,3-7,16H2,1-2H3. The first kappa shape index (κ1) is 16.1. The van der Waals surface area contributed by atoms with Crippen molar-refractivity contribution in [2.75, 3.05) is 16.8 Å². The molecule has 2 rings (SSSR count). The van der Waals surface area contributed by atoms with Gasteiger partial charge in [0.2, 0.25) is 0 Å². The number of hydrogen-bond donors (Lipinski definition) is 2. The topological polar surface area (TPSA) is 96.0 Å². The molecule has 0 bridgehead atoms. The van der Waals surface area contributed by atoms with Crippen molar-refractivity contribution in [3.8, 4) is 6.07 Å². The summed E-state index contributed by atoms with van der Waals surface area (Å²) in [6.07, 6.45) is 4.32. The summed E-state index contributed by atoms with van der Waals surface area (Å²) in [5, 5.41) is 12.9. The zero-order valence-electron chi connectivity index (χ0n) is 12.3. The first-order chi connectivity index (χ1) is 9.89. The molecular formula is C14H21N3O2S2. The van der Waals surface area contributed by atoms with E-state index in [1.54, 1.807) is 6.92 Å². The highest BCUT2D eigenvalue weighted by Gasteiger charge is 2.28. The zero-order chi connectivity index (χ0) is 15.6. The van der Waals surface area contributed by atoms with Gasteiger partial charge < -0.3 is 11.1 Å². The normalized spacial score (nSPS) is 22.7. The maximum Gasteiger partial charge on any atom is 0.183 e. The Morgan fingerprint density at radius 2 is 2.00 bits per heavy atom. The third kappa shape index (κ3) is 3.33. The van der Waals surface area contributed by atoms with Crippen LogP contribution in [0.1, 0.15) is 44.4 Å². The molecule has 1 aliphatic rings. The van der Waals surface area contributed by atoms with E-state index in [4.69, 9.17) is 11.0 Å². The highest BCUT2D eigenvalue weighted by atomic mass is 32.2. The zero-order valence-corrected chi connectivity index (χ0v) is 14.0. The Bertz CT molecular complexity index is 650. The molecule has 116 valence electrons. The second-order valence-electron chi connectivity index (χ2n) is 5.62. The lowest BCUT2D eigenvalue weighted by atomic mass is 9.87. The SMILES string of the molecule is CCS(=O)(=O)c1c(NC2CCC(C)CC2)sc(C#N)c1N. The van der Waals surface area contributed by atoms with Crippen molar-refractivity contribution in [2.24, 2.45) is 5.92 Å². The van der Waals surface area contributed by atoms with Crippen LogP contribution in [0.15, 0.2) is 4.90 Å². The van der Waals surface area contributed by atoms with Gasteiger partial charge in [-0.3, -0.25) is 0 Å². The van der Waals surface area contributed by atoms with Gasteiger partial charge in [0.25, 0.3) is 0 Å². The molecule has 1 aromatic rings. The number of nitrogen functional groups attached to an aromatic ring is 1. The number of nitrogens with one attached hydrogen (secondary N) is 1. The number of hydrogen-bond acceptors (Lipinski definition) is 6. The summed E-state index contributed by atoms with van der Waals surface area (Å²) in [6.45, 7) is 3.82. The Labute approximate surface area is 130 Å². The van der Waals surface area contributed by atoms with Crippen molar-refractivity contribution in [1.82, 2.24) is 0 Å². The summed E-state index contributed by atoms with van der Waals surface area (Å²) in [7, 11) is -3.44. The first-order valence-electron chi connectivity index (χ1n) is 7.20. The van der Waals surface area contributed by atoms with Crippen LogP contribution in [0, 0.1) is 17.2 Å². The maximum absolute atomic E-state index is 12.2. The Balaban J connectivity index is 2.33. The van der Waals surface area contributed by atoms with Gasteiger partial charge in [-0.25, -0.2) is 8.42 Å². The quantitative estimate of drug-likeness (QED) is 0.886. The fraction of sp³-hybridized carbons (Fsp3) is 0.643. The minimum Gasteiger partial charge on any atom is -0.396 e. The maximum atomic E-state index is 12.2. The van der Waals surface area contributed by atoms with E-state index in [-0.39, 0.29) is 27.3 Å². The van der Waals surface area contributed by atoms with Crippen molar-refractivity contribution in [3.63, 3.8) is 0 Å². The molecule has 1 aliphatic carbocycles. The second-order valence-corrected chi connectivity index (χ2v) is 8.86. The van der Waals surface area contributed by atoms with E-state index in [0.717, 1.165) is 42.9 Å². The van der Waals surface area contributed by atoms with Crippen LogP contribution in [0.3, 0.4) is 0 Å². The predicted octanol–water partition coefficient (Wildman–Crippen LogP) is 2.99. The fourth-order valence-electron chi connectivity index (χ4n) is 2.65. The van der Waals surface area contributed by atoms with Crippen LogP contribution in [-0.2, 0) is 9.84 Å². The molecule has 0 radical (unpaired) electrons. The van der Waals surface area contributed by atoms with Gasteiger partial charge in [0.15, 0.2) is 9.84 Å². The van der Waals surface area contributed by atoms with Crippen molar-refractivity contribution < 1.29 is 8.42 Å². The minimum absolute atomic E-state index is 0.0187. The van der Waals surface area contributed by atoms with Gasteiger partial charge in [-0.05, 0) is 31.6 Å². The van der Waals surface area contributed by atoms with Crippen LogP contribution in [-0.4, -0.2) is 20.2 Å². The molecule has 0 spiro atoms. The molecule has 1 saturated carbocycles. The van der Waals surface area contributed by atoms with Gasteiger partial charge in [0.05, 0.1) is 11.4 Å². The summed E-state index contributed by atoms with van der Waals surface area (Å²) < 4.78 is 24.5. The van der Waals surface area contributed by atoms with Gasteiger partial charge in [-0.2, -0.15) is 5.26 Å². The Morgan fingerprint density at radius 3 is 2.52 bits per heavy atom. The van der Waals surface area contributed by atoms with Crippen LogP contribution in [0.5, 0.6) is 0 Å². The number of sulfone groups is 1. The average molecular weight is 327 g/mol. The van der Waals surface area contributed by atoms with E-state index in [0.29, 0.717) is 5.00 Å². The molecule has 0 atom stereocenters. The van der Waals surface area contributed by atoms with Gasteiger partial charge in [-0.1, -0.05) is 13.8 Å². The fourth-order valence-corrected chi connectivity index (χ4v) is 5.18. The molecule has 0 saturated heterocycles. The van der Waals surface area contributed by atoms with Crippen LogP contribution in [0.2, 0.25) is 0 Å². The van der Waals surface area contributed by atoms with Gasteiger partial charge >= 0.3 is 0 Å². The molecule has 21 heavy (non-hydrogen) atoms. The van der Waals surface area contributed by atoms with E-state index < -0.39 is 9.84 Å². The van der Waals surface area contributed by atoms with E-state index in [1.807, 2.05) is 6.07 Å². The van der Waals surface area contributed by atoms with Crippen molar-refractivity contribution in [1.29, 1.82) is 5.26 Å². The summed E-state index contributed by atoms with van der Waals surface area (Å²) in [5.74, 6) is 0.708. The second kappa shape index (κ2) is 6.24. The molecular weight excluding hydrogens is 306 g/mol. The summed E-state index contributed by atoms with van der Waals surface area (Å²) in [5.41, 5.74) is 5.97. The van der Waals surface area contributed by atoms with Gasteiger partial charge in [0.1, 0.15) is 20.8 Å². The number of nitriles is 1. The molecule has 0 aromatic carbocycles. The number of nitrogens with two attached hydrogens (primary N) is 1. The smallest absolute Gasteiger partial charge is 0.183 e. The predicted molar refractivity (Wildman–Crippen MR) is 86.2 cm³/mol. The highest BCUT2D eigenvalue weighted by molar-refractivity contribution is 7.91. The summed E-state index contributed by atoms with van der Waals surface area (Å²) in [6, 6.07) is 2.25. The van der Waals surface area contributed by atoms with E-state index in [1.165, 1.54) is 0 Å². The number of anilines is 2. The lowest BCUT2D eigenvalue weighted by Gasteiger charge is -2.27. The molecule has 7 heteroatoms. The third-order valence-electron chi connectivity index (χ3n) is 4.04. The highest BCUT2D eigenvalue weighted by Crippen LogP contribution is 2.40. The van der Waals surface area contributed by atoms with Gasteiger partial charge in [-0.15, -0.1) is 11.3 Å². The largest absolute Gasteiger partial charge is 0.396 e. The van der Waals surface area contributed by atoms with E-state index in [2.05, 4.69) is 12.2 Å². The van der Waals surface area contributed by atoms with Crippen LogP contribution in [0.4, 0.5) is 10.7 Å². The Kier molecular flexibility index (Phi) is 4.79. The number of rotatable bonds is 4. The average Bonchev–Trinajstić information content (AvgIpc) is 2.78.